The first-order chi connectivity index (χ1) is 9.22. The summed E-state index contributed by atoms with van der Waals surface area (Å²) >= 11 is 0. The summed E-state index contributed by atoms with van der Waals surface area (Å²) in [6, 6.07) is 8.82. The smallest absolute Gasteiger partial charge is 0.344 e. The van der Waals surface area contributed by atoms with E-state index in [2.05, 4.69) is 21.7 Å². The molecule has 0 saturated carbocycles. The summed E-state index contributed by atoms with van der Waals surface area (Å²) < 4.78 is 2.09. The molecule has 0 atom stereocenters. The van der Waals surface area contributed by atoms with Crippen LogP contribution in [-0.4, -0.2) is 32.2 Å². The van der Waals surface area contributed by atoms with Crippen LogP contribution in [0.25, 0.3) is 5.69 Å². The van der Waals surface area contributed by atoms with Gasteiger partial charge in [-0.25, -0.2) is 4.79 Å². The van der Waals surface area contributed by atoms with Gasteiger partial charge in [-0.15, -0.1) is 6.42 Å². The molecule has 1 heterocycles. The van der Waals surface area contributed by atoms with Crippen molar-refractivity contribution in [1.29, 1.82) is 0 Å². The minimum Gasteiger partial charge on any atom is -0.344 e. The molecule has 0 aliphatic rings. The number of nitrogens with one attached hydrogen (secondary N) is 1. The van der Waals surface area contributed by atoms with Crippen molar-refractivity contribution in [2.45, 2.75) is 6.54 Å². The lowest BCUT2D eigenvalue weighted by atomic mass is 10.3. The van der Waals surface area contributed by atoms with Crippen molar-refractivity contribution in [3.63, 3.8) is 0 Å². The number of amides is 1. The molecule has 1 aromatic carbocycles. The quantitative estimate of drug-likeness (QED) is 0.725. The number of terminal acetylenes is 1. The Morgan fingerprint density at radius 1 is 1.32 bits per heavy atom. The molecule has 19 heavy (non-hydrogen) atoms. The summed E-state index contributed by atoms with van der Waals surface area (Å²) in [6.07, 6.45) is 5.01. The Morgan fingerprint density at radius 3 is 2.74 bits per heavy atom. The first kappa shape index (κ1) is 12.6. The number of hydrogen-bond acceptors (Lipinski definition) is 4. The molecule has 7 heteroatoms. The zero-order valence-corrected chi connectivity index (χ0v) is 9.98. The lowest BCUT2D eigenvalue weighted by Crippen LogP contribution is -2.33. The topological polar surface area (TPSA) is 81.8 Å². The number of carbonyl (C=O) groups excluding carboxylic acids is 1. The van der Waals surface area contributed by atoms with E-state index in [4.69, 9.17) is 6.42 Å². The molecular weight excluding hydrogens is 246 g/mol. The molecule has 0 unspecified atom stereocenters. The highest BCUT2D eigenvalue weighted by molar-refractivity contribution is 5.75. The van der Waals surface area contributed by atoms with Crippen LogP contribution in [-0.2, 0) is 11.3 Å². The van der Waals surface area contributed by atoms with E-state index in [1.165, 1.54) is 0 Å². The molecule has 96 valence electrons. The maximum atomic E-state index is 12.0. The summed E-state index contributed by atoms with van der Waals surface area (Å²) in [5.41, 5.74) is 0.102. The summed E-state index contributed by atoms with van der Waals surface area (Å²) in [7, 11) is 0. The first-order valence-electron chi connectivity index (χ1n) is 5.51. The normalized spacial score (nSPS) is 9.84. The van der Waals surface area contributed by atoms with Gasteiger partial charge in [0.25, 0.3) is 0 Å². The fraction of sp³-hybridized carbons (Fsp3) is 0.167. The van der Waals surface area contributed by atoms with Crippen molar-refractivity contribution in [3.05, 3.63) is 40.8 Å². The van der Waals surface area contributed by atoms with Gasteiger partial charge in [0.1, 0.15) is 6.54 Å². The molecule has 0 spiro atoms. The molecule has 1 N–H and O–H groups in total. The van der Waals surface area contributed by atoms with Gasteiger partial charge in [0.05, 0.1) is 12.2 Å². The molecule has 0 aliphatic heterocycles. The maximum absolute atomic E-state index is 12.0. The Morgan fingerprint density at radius 2 is 2.05 bits per heavy atom. The van der Waals surface area contributed by atoms with Crippen LogP contribution in [0.2, 0.25) is 0 Å². The van der Waals surface area contributed by atoms with Crippen LogP contribution < -0.4 is 11.0 Å². The van der Waals surface area contributed by atoms with E-state index < -0.39 is 5.69 Å². The highest BCUT2D eigenvalue weighted by Crippen LogP contribution is 2.00. The number of nitrogens with zero attached hydrogens (tertiary/aromatic N) is 4. The molecule has 0 fully saturated rings. The van der Waals surface area contributed by atoms with Gasteiger partial charge in [-0.05, 0) is 22.6 Å². The molecule has 2 aromatic rings. The van der Waals surface area contributed by atoms with Gasteiger partial charge in [-0.2, -0.15) is 9.36 Å². The van der Waals surface area contributed by atoms with Crippen LogP contribution in [0, 0.1) is 12.3 Å². The Bertz CT molecular complexity index is 665. The van der Waals surface area contributed by atoms with Crippen molar-refractivity contribution in [2.75, 3.05) is 6.54 Å². The first-order valence-corrected chi connectivity index (χ1v) is 5.51. The van der Waals surface area contributed by atoms with Gasteiger partial charge in [-0.1, -0.05) is 24.1 Å². The van der Waals surface area contributed by atoms with Crippen molar-refractivity contribution >= 4 is 5.91 Å². The SMILES string of the molecule is C#CCNC(=O)Cn1nnn(-c2ccccc2)c1=O. The van der Waals surface area contributed by atoms with E-state index >= 15 is 0 Å². The number of carbonyl (C=O) groups is 1. The number of benzene rings is 1. The van der Waals surface area contributed by atoms with E-state index in [1.807, 2.05) is 6.07 Å². The van der Waals surface area contributed by atoms with Crippen molar-refractivity contribution in [3.8, 4) is 18.0 Å². The fourth-order valence-corrected chi connectivity index (χ4v) is 1.45. The average molecular weight is 257 g/mol. The third-order valence-electron chi connectivity index (χ3n) is 2.32. The predicted octanol–water partition coefficient (Wildman–Crippen LogP) is -0.822. The van der Waals surface area contributed by atoms with Gasteiger partial charge in [0.2, 0.25) is 5.91 Å². The molecule has 1 aromatic heterocycles. The van der Waals surface area contributed by atoms with E-state index in [0.717, 1.165) is 9.36 Å². The molecule has 7 nitrogen and oxygen atoms in total. The van der Waals surface area contributed by atoms with Crippen LogP contribution >= 0.6 is 0 Å². The minimum atomic E-state index is -0.484. The highest BCUT2D eigenvalue weighted by Gasteiger charge is 2.11. The number of aromatic nitrogens is 4. The summed E-state index contributed by atoms with van der Waals surface area (Å²) in [5, 5.41) is 9.81. The number of hydrogen-bond donors (Lipinski definition) is 1. The van der Waals surface area contributed by atoms with E-state index in [1.54, 1.807) is 24.3 Å². The molecule has 0 radical (unpaired) electrons. The third-order valence-corrected chi connectivity index (χ3v) is 2.32. The Hall–Kier alpha value is -2.88. The van der Waals surface area contributed by atoms with Gasteiger partial charge in [-0.3, -0.25) is 4.79 Å². The van der Waals surface area contributed by atoms with Gasteiger partial charge >= 0.3 is 5.69 Å². The molecule has 0 aliphatic carbocycles. The Labute approximate surface area is 108 Å². The van der Waals surface area contributed by atoms with Gasteiger partial charge < -0.3 is 5.32 Å². The van der Waals surface area contributed by atoms with Crippen LogP contribution in [0.5, 0.6) is 0 Å². The average Bonchev–Trinajstić information content (AvgIpc) is 2.79. The van der Waals surface area contributed by atoms with Crippen LogP contribution in [0.4, 0.5) is 0 Å². The molecule has 1 amide bonds. The van der Waals surface area contributed by atoms with Gasteiger partial charge in [0, 0.05) is 0 Å². The lowest BCUT2D eigenvalue weighted by molar-refractivity contribution is -0.121. The summed E-state index contributed by atoms with van der Waals surface area (Å²) in [4.78, 5) is 23.4. The second-order valence-electron chi connectivity index (χ2n) is 3.65. The second-order valence-corrected chi connectivity index (χ2v) is 3.65. The van der Waals surface area contributed by atoms with E-state index in [0.29, 0.717) is 5.69 Å². The summed E-state index contributed by atoms with van der Waals surface area (Å²) in [6.45, 7) is -0.103. The minimum absolute atomic E-state index is 0.112. The second kappa shape index (κ2) is 5.64. The van der Waals surface area contributed by atoms with Crippen LogP contribution in [0.15, 0.2) is 35.1 Å². The van der Waals surface area contributed by atoms with E-state index in [-0.39, 0.29) is 19.0 Å². The summed E-state index contributed by atoms with van der Waals surface area (Å²) in [5.74, 6) is 1.88. The number of para-hydroxylation sites is 1. The van der Waals surface area contributed by atoms with Crippen molar-refractivity contribution in [1.82, 2.24) is 25.1 Å². The Balaban J connectivity index is 2.18. The van der Waals surface area contributed by atoms with Crippen LogP contribution in [0.3, 0.4) is 0 Å². The number of tetrazole rings is 1. The van der Waals surface area contributed by atoms with E-state index in [9.17, 15) is 9.59 Å². The predicted molar refractivity (Wildman–Crippen MR) is 67.5 cm³/mol. The number of rotatable bonds is 4. The van der Waals surface area contributed by atoms with Crippen LogP contribution in [0.1, 0.15) is 0 Å². The van der Waals surface area contributed by atoms with Gasteiger partial charge in [0.15, 0.2) is 0 Å². The third kappa shape index (κ3) is 2.87. The zero-order valence-electron chi connectivity index (χ0n) is 9.98. The molecule has 0 bridgehead atoms. The fourth-order valence-electron chi connectivity index (χ4n) is 1.45. The molecule has 0 saturated heterocycles. The Kier molecular flexibility index (Phi) is 3.73. The highest BCUT2D eigenvalue weighted by atomic mass is 16.2. The van der Waals surface area contributed by atoms with Crippen molar-refractivity contribution in [2.24, 2.45) is 0 Å². The van der Waals surface area contributed by atoms with Crippen molar-refractivity contribution < 1.29 is 4.79 Å². The molecule has 2 rings (SSSR count). The standard InChI is InChI=1S/C12H11N5O2/c1-2-8-13-11(18)9-16-12(19)17(15-14-16)10-6-4-3-5-7-10/h1,3-7H,8-9H2,(H,13,18). The lowest BCUT2D eigenvalue weighted by Gasteiger charge is -1.99. The zero-order chi connectivity index (χ0) is 13.7. The largest absolute Gasteiger partial charge is 0.368 e. The maximum Gasteiger partial charge on any atom is 0.368 e. The molecular formula is C12H11N5O2. The monoisotopic (exact) mass is 257 g/mol.